The van der Waals surface area contributed by atoms with Gasteiger partial charge in [-0.3, -0.25) is 0 Å². The Morgan fingerprint density at radius 3 is 2.31 bits per heavy atom. The van der Waals surface area contributed by atoms with Gasteiger partial charge in [0, 0.05) is 5.54 Å². The fraction of sp³-hybridized carbons (Fsp3) is 0.857. The van der Waals surface area contributed by atoms with E-state index in [1.807, 2.05) is 20.8 Å². The Bertz CT molecular complexity index is 283. The van der Waals surface area contributed by atoms with E-state index in [0.717, 1.165) is 0 Å². The lowest BCUT2D eigenvalue weighted by Crippen LogP contribution is -2.45. The Morgan fingerprint density at radius 2 is 2.00 bits per heavy atom. The number of rotatable bonds is 5. The number of thiocarbonyl (C=S) groups is 1. The Hall–Kier alpha value is -0.200. The molecule has 0 aromatic carbocycles. The second-order valence-electron chi connectivity index (χ2n) is 3.56. The molecule has 0 spiro atoms. The highest BCUT2D eigenvalue weighted by Gasteiger charge is 2.23. The molecule has 0 bridgehead atoms. The summed E-state index contributed by atoms with van der Waals surface area (Å²) in [5, 5.41) is 0. The maximum Gasteiger partial charge on any atom is 0.218 e. The van der Waals surface area contributed by atoms with Gasteiger partial charge in [0.15, 0.2) is 0 Å². The summed E-state index contributed by atoms with van der Waals surface area (Å²) in [6.45, 7) is 5.53. The van der Waals surface area contributed by atoms with Crippen molar-refractivity contribution in [2.24, 2.45) is 5.73 Å². The van der Waals surface area contributed by atoms with Crippen molar-refractivity contribution in [2.45, 2.75) is 32.7 Å². The van der Waals surface area contributed by atoms with Crippen LogP contribution in [0.5, 0.6) is 0 Å². The van der Waals surface area contributed by atoms with Crippen LogP contribution in [0.3, 0.4) is 0 Å². The van der Waals surface area contributed by atoms with Crippen molar-refractivity contribution in [1.82, 2.24) is 4.72 Å². The maximum absolute atomic E-state index is 11.3. The van der Waals surface area contributed by atoms with Crippen molar-refractivity contribution in [3.63, 3.8) is 0 Å². The Morgan fingerprint density at radius 1 is 1.54 bits per heavy atom. The fourth-order valence-electron chi connectivity index (χ4n) is 0.716. The predicted molar refractivity (Wildman–Crippen MR) is 58.1 cm³/mol. The first-order valence-corrected chi connectivity index (χ1v) is 6.04. The lowest BCUT2D eigenvalue weighted by atomic mass is 10.0. The van der Waals surface area contributed by atoms with E-state index in [1.165, 1.54) is 0 Å². The zero-order valence-corrected chi connectivity index (χ0v) is 9.76. The standard InChI is InChI=1S/C7H16N2O2S2/c1-4-7(2,3)9-13(10,11)5-6(8)12/h9H,4-5H2,1-3H3,(H2,8,12). The Labute approximate surface area is 84.9 Å². The van der Waals surface area contributed by atoms with E-state index < -0.39 is 15.6 Å². The third-order valence-corrected chi connectivity index (χ3v) is 3.53. The summed E-state index contributed by atoms with van der Waals surface area (Å²) in [6, 6.07) is 0. The SMILES string of the molecule is CCC(C)(C)NS(=O)(=O)CC(N)=S. The van der Waals surface area contributed by atoms with Crippen molar-refractivity contribution in [2.75, 3.05) is 5.75 Å². The van der Waals surface area contributed by atoms with Crippen LogP contribution in [0, 0.1) is 0 Å². The average Bonchev–Trinajstić information content (AvgIpc) is 1.81. The second-order valence-corrected chi connectivity index (χ2v) is 5.81. The van der Waals surface area contributed by atoms with Gasteiger partial charge in [-0.15, -0.1) is 0 Å². The molecule has 78 valence electrons. The van der Waals surface area contributed by atoms with E-state index in [-0.39, 0.29) is 10.7 Å². The Balaban J connectivity index is 4.44. The highest BCUT2D eigenvalue weighted by atomic mass is 32.2. The summed E-state index contributed by atoms with van der Waals surface area (Å²) in [6.07, 6.45) is 0.712. The van der Waals surface area contributed by atoms with E-state index in [0.29, 0.717) is 6.42 Å². The molecule has 0 amide bonds. The number of hydrogen-bond acceptors (Lipinski definition) is 3. The summed E-state index contributed by atoms with van der Waals surface area (Å²) >= 11 is 4.53. The van der Waals surface area contributed by atoms with Gasteiger partial charge < -0.3 is 5.73 Å². The molecule has 0 rings (SSSR count). The van der Waals surface area contributed by atoms with Gasteiger partial charge in [-0.25, -0.2) is 13.1 Å². The minimum Gasteiger partial charge on any atom is -0.392 e. The number of nitrogens with two attached hydrogens (primary N) is 1. The molecule has 4 nitrogen and oxygen atoms in total. The van der Waals surface area contributed by atoms with Gasteiger partial charge in [0.2, 0.25) is 10.0 Å². The van der Waals surface area contributed by atoms with Crippen molar-refractivity contribution in [3.8, 4) is 0 Å². The van der Waals surface area contributed by atoms with Crippen LogP contribution >= 0.6 is 12.2 Å². The summed E-state index contributed by atoms with van der Waals surface area (Å²) in [4.78, 5) is -0.0144. The molecule has 0 unspecified atom stereocenters. The fourth-order valence-corrected chi connectivity index (χ4v) is 2.61. The zero-order valence-electron chi connectivity index (χ0n) is 8.12. The predicted octanol–water partition coefficient (Wildman–Crippen LogP) is 0.381. The lowest BCUT2D eigenvalue weighted by Gasteiger charge is -2.23. The number of nitrogens with one attached hydrogen (secondary N) is 1. The molecule has 0 aliphatic rings. The quantitative estimate of drug-likeness (QED) is 0.662. The molecule has 13 heavy (non-hydrogen) atoms. The highest BCUT2D eigenvalue weighted by molar-refractivity contribution is 7.92. The Kier molecular flexibility index (Phi) is 4.28. The average molecular weight is 224 g/mol. The zero-order chi connectivity index (χ0) is 10.7. The van der Waals surface area contributed by atoms with Gasteiger partial charge in [-0.2, -0.15) is 0 Å². The first kappa shape index (κ1) is 12.8. The molecule has 0 aliphatic carbocycles. The molecule has 0 fully saturated rings. The lowest BCUT2D eigenvalue weighted by molar-refractivity contribution is 0.441. The molecule has 6 heteroatoms. The maximum atomic E-state index is 11.3. The first-order chi connectivity index (χ1) is 5.68. The minimum absolute atomic E-state index is 0.0144. The molecule has 0 saturated heterocycles. The molecule has 0 radical (unpaired) electrons. The third kappa shape index (κ3) is 5.95. The molecular formula is C7H16N2O2S2. The van der Waals surface area contributed by atoms with Crippen LogP contribution in [0.25, 0.3) is 0 Å². The van der Waals surface area contributed by atoms with Crippen LogP contribution in [0.1, 0.15) is 27.2 Å². The molecular weight excluding hydrogens is 208 g/mol. The molecule has 0 atom stereocenters. The highest BCUT2D eigenvalue weighted by Crippen LogP contribution is 2.08. The topological polar surface area (TPSA) is 72.2 Å². The molecule has 0 aromatic rings. The van der Waals surface area contributed by atoms with Crippen molar-refractivity contribution < 1.29 is 8.42 Å². The molecule has 0 aliphatic heterocycles. The summed E-state index contributed by atoms with van der Waals surface area (Å²) in [5.41, 5.74) is 4.71. The second kappa shape index (κ2) is 4.34. The van der Waals surface area contributed by atoms with Gasteiger partial charge >= 0.3 is 0 Å². The van der Waals surface area contributed by atoms with Crippen LogP contribution in [0.4, 0.5) is 0 Å². The van der Waals surface area contributed by atoms with E-state index in [4.69, 9.17) is 5.73 Å². The summed E-state index contributed by atoms with van der Waals surface area (Å²) in [5.74, 6) is -0.286. The van der Waals surface area contributed by atoms with Crippen LogP contribution in [0.15, 0.2) is 0 Å². The first-order valence-electron chi connectivity index (χ1n) is 3.98. The monoisotopic (exact) mass is 224 g/mol. The van der Waals surface area contributed by atoms with Crippen LogP contribution in [-0.4, -0.2) is 24.7 Å². The van der Waals surface area contributed by atoms with Crippen molar-refractivity contribution >= 4 is 27.2 Å². The van der Waals surface area contributed by atoms with Crippen LogP contribution in [-0.2, 0) is 10.0 Å². The molecule has 0 heterocycles. The van der Waals surface area contributed by atoms with E-state index in [2.05, 4.69) is 16.9 Å². The third-order valence-electron chi connectivity index (χ3n) is 1.65. The number of hydrogen-bond donors (Lipinski definition) is 2. The van der Waals surface area contributed by atoms with E-state index in [1.54, 1.807) is 0 Å². The number of sulfonamides is 1. The largest absolute Gasteiger partial charge is 0.392 e. The van der Waals surface area contributed by atoms with Crippen molar-refractivity contribution in [1.29, 1.82) is 0 Å². The van der Waals surface area contributed by atoms with Gasteiger partial charge in [0.05, 0.1) is 4.99 Å². The van der Waals surface area contributed by atoms with Gasteiger partial charge in [0.1, 0.15) is 5.75 Å². The summed E-state index contributed by atoms with van der Waals surface area (Å²) in [7, 11) is -3.37. The van der Waals surface area contributed by atoms with Gasteiger partial charge in [-0.1, -0.05) is 19.1 Å². The smallest absolute Gasteiger partial charge is 0.218 e. The van der Waals surface area contributed by atoms with Crippen LogP contribution < -0.4 is 10.5 Å². The molecule has 0 saturated carbocycles. The van der Waals surface area contributed by atoms with E-state index >= 15 is 0 Å². The minimum atomic E-state index is -3.37. The molecule has 0 aromatic heterocycles. The van der Waals surface area contributed by atoms with E-state index in [9.17, 15) is 8.42 Å². The molecule has 3 N–H and O–H groups in total. The van der Waals surface area contributed by atoms with Gasteiger partial charge in [0.25, 0.3) is 0 Å². The normalized spacial score (nSPS) is 12.8. The van der Waals surface area contributed by atoms with Gasteiger partial charge in [-0.05, 0) is 20.3 Å². The van der Waals surface area contributed by atoms with Crippen LogP contribution in [0.2, 0.25) is 0 Å². The summed E-state index contributed by atoms with van der Waals surface area (Å²) < 4.78 is 25.2. The van der Waals surface area contributed by atoms with Crippen molar-refractivity contribution in [3.05, 3.63) is 0 Å².